The Bertz CT molecular complexity index is 736. The number of methoxy groups -OCH3 is 1. The van der Waals surface area contributed by atoms with Crippen molar-refractivity contribution in [3.05, 3.63) is 46.8 Å². The Morgan fingerprint density at radius 2 is 1.95 bits per heavy atom. The summed E-state index contributed by atoms with van der Waals surface area (Å²) in [4.78, 5) is 4.69. The number of hydrogen-bond acceptors (Lipinski definition) is 4. The van der Waals surface area contributed by atoms with Crippen LogP contribution in [0.1, 0.15) is 5.01 Å². The third-order valence-electron chi connectivity index (χ3n) is 3.26. The number of nitrogens with one attached hydrogen (secondary N) is 1. The highest BCUT2D eigenvalue weighted by molar-refractivity contribution is 7.09. The molecule has 0 bridgehead atoms. The normalized spacial score (nSPS) is 10.9. The van der Waals surface area contributed by atoms with Gasteiger partial charge in [0.15, 0.2) is 0 Å². The third kappa shape index (κ3) is 2.28. The molecule has 0 atom stereocenters. The van der Waals surface area contributed by atoms with Crippen LogP contribution in [0.2, 0.25) is 0 Å². The monoisotopic (exact) mass is 284 g/mol. The SMILES string of the molecule is CNCc1nc(-c2ccc(OC)c3ccccc23)cs1. The van der Waals surface area contributed by atoms with Gasteiger partial charge in [0.05, 0.1) is 12.8 Å². The zero-order chi connectivity index (χ0) is 13.9. The van der Waals surface area contributed by atoms with Gasteiger partial charge in [-0.05, 0) is 24.6 Å². The zero-order valence-electron chi connectivity index (χ0n) is 11.5. The predicted molar refractivity (Wildman–Crippen MR) is 84.4 cm³/mol. The van der Waals surface area contributed by atoms with Crippen LogP contribution < -0.4 is 10.1 Å². The number of fused-ring (bicyclic) bond motifs is 1. The molecule has 102 valence electrons. The number of thiazole rings is 1. The molecule has 3 nitrogen and oxygen atoms in total. The van der Waals surface area contributed by atoms with E-state index in [2.05, 4.69) is 28.9 Å². The number of rotatable bonds is 4. The molecule has 3 aromatic rings. The van der Waals surface area contributed by atoms with Crippen molar-refractivity contribution in [3.63, 3.8) is 0 Å². The summed E-state index contributed by atoms with van der Waals surface area (Å²) in [5, 5.41) is 8.64. The molecule has 0 amide bonds. The van der Waals surface area contributed by atoms with Crippen molar-refractivity contribution in [1.29, 1.82) is 0 Å². The Labute approximate surface area is 122 Å². The summed E-state index contributed by atoms with van der Waals surface area (Å²) in [6.45, 7) is 0.804. The Morgan fingerprint density at radius 3 is 2.70 bits per heavy atom. The van der Waals surface area contributed by atoms with Crippen LogP contribution in [0.3, 0.4) is 0 Å². The minimum atomic E-state index is 0.804. The van der Waals surface area contributed by atoms with Gasteiger partial charge >= 0.3 is 0 Å². The fraction of sp³-hybridized carbons (Fsp3) is 0.188. The second kappa shape index (κ2) is 5.61. The van der Waals surface area contributed by atoms with Crippen LogP contribution >= 0.6 is 11.3 Å². The van der Waals surface area contributed by atoms with Crippen LogP contribution in [0.25, 0.3) is 22.0 Å². The number of aromatic nitrogens is 1. The molecule has 2 aromatic carbocycles. The van der Waals surface area contributed by atoms with E-state index < -0.39 is 0 Å². The van der Waals surface area contributed by atoms with Gasteiger partial charge in [0.1, 0.15) is 10.8 Å². The summed E-state index contributed by atoms with van der Waals surface area (Å²) >= 11 is 1.68. The molecule has 1 aromatic heterocycles. The lowest BCUT2D eigenvalue weighted by Crippen LogP contribution is -2.04. The highest BCUT2D eigenvalue weighted by atomic mass is 32.1. The van der Waals surface area contributed by atoms with Crippen LogP contribution in [-0.2, 0) is 6.54 Å². The van der Waals surface area contributed by atoms with Crippen molar-refractivity contribution in [2.45, 2.75) is 6.54 Å². The quantitative estimate of drug-likeness (QED) is 0.793. The first kappa shape index (κ1) is 13.1. The van der Waals surface area contributed by atoms with Gasteiger partial charge in [-0.15, -0.1) is 11.3 Å². The summed E-state index contributed by atoms with van der Waals surface area (Å²) in [6.07, 6.45) is 0. The van der Waals surface area contributed by atoms with Crippen molar-refractivity contribution in [3.8, 4) is 17.0 Å². The summed E-state index contributed by atoms with van der Waals surface area (Å²) in [7, 11) is 3.64. The van der Waals surface area contributed by atoms with Crippen molar-refractivity contribution in [1.82, 2.24) is 10.3 Å². The van der Waals surface area contributed by atoms with Crippen LogP contribution in [0.5, 0.6) is 5.75 Å². The van der Waals surface area contributed by atoms with Crippen LogP contribution in [-0.4, -0.2) is 19.1 Å². The molecule has 0 saturated heterocycles. The van der Waals surface area contributed by atoms with E-state index in [1.54, 1.807) is 18.4 Å². The first-order valence-electron chi connectivity index (χ1n) is 6.48. The highest BCUT2D eigenvalue weighted by Gasteiger charge is 2.10. The third-order valence-corrected chi connectivity index (χ3v) is 4.11. The number of hydrogen-bond donors (Lipinski definition) is 1. The van der Waals surface area contributed by atoms with E-state index in [4.69, 9.17) is 9.72 Å². The van der Waals surface area contributed by atoms with Gasteiger partial charge in [-0.25, -0.2) is 4.98 Å². The Morgan fingerprint density at radius 1 is 1.15 bits per heavy atom. The molecule has 3 rings (SSSR count). The zero-order valence-corrected chi connectivity index (χ0v) is 12.3. The van der Waals surface area contributed by atoms with Gasteiger partial charge in [-0.3, -0.25) is 0 Å². The molecule has 0 aliphatic heterocycles. The largest absolute Gasteiger partial charge is 0.496 e. The summed E-state index contributed by atoms with van der Waals surface area (Å²) < 4.78 is 5.43. The van der Waals surface area contributed by atoms with E-state index in [1.807, 2.05) is 25.2 Å². The number of benzene rings is 2. The second-order valence-electron chi connectivity index (χ2n) is 4.52. The lowest BCUT2D eigenvalue weighted by Gasteiger charge is -2.08. The van der Waals surface area contributed by atoms with Crippen molar-refractivity contribution < 1.29 is 4.74 Å². The van der Waals surface area contributed by atoms with E-state index in [1.165, 1.54) is 5.39 Å². The topological polar surface area (TPSA) is 34.2 Å². The molecule has 4 heteroatoms. The highest BCUT2D eigenvalue weighted by Crippen LogP contribution is 2.34. The Balaban J connectivity index is 2.15. The second-order valence-corrected chi connectivity index (χ2v) is 5.46. The first-order chi connectivity index (χ1) is 9.83. The van der Waals surface area contributed by atoms with E-state index in [9.17, 15) is 0 Å². The van der Waals surface area contributed by atoms with Crippen LogP contribution in [0.4, 0.5) is 0 Å². The van der Waals surface area contributed by atoms with Gasteiger partial charge < -0.3 is 10.1 Å². The maximum atomic E-state index is 5.43. The minimum Gasteiger partial charge on any atom is -0.496 e. The standard InChI is InChI=1S/C16H16N2OS/c1-17-9-16-18-14(10-20-16)12-7-8-15(19-2)13-6-4-3-5-11(12)13/h3-8,10,17H,9H2,1-2H3. The van der Waals surface area contributed by atoms with Gasteiger partial charge in [0.25, 0.3) is 0 Å². The molecule has 0 unspecified atom stereocenters. The fourth-order valence-corrected chi connectivity index (χ4v) is 3.15. The number of ether oxygens (including phenoxy) is 1. The van der Waals surface area contributed by atoms with E-state index in [0.29, 0.717) is 0 Å². The molecule has 0 aliphatic carbocycles. The first-order valence-corrected chi connectivity index (χ1v) is 7.36. The minimum absolute atomic E-state index is 0.804. The van der Waals surface area contributed by atoms with Crippen molar-refractivity contribution in [2.75, 3.05) is 14.2 Å². The van der Waals surface area contributed by atoms with Gasteiger partial charge in [-0.2, -0.15) is 0 Å². The average molecular weight is 284 g/mol. The lowest BCUT2D eigenvalue weighted by atomic mass is 10.0. The number of nitrogens with zero attached hydrogens (tertiary/aromatic N) is 1. The van der Waals surface area contributed by atoms with Crippen LogP contribution in [0, 0.1) is 0 Å². The van der Waals surface area contributed by atoms with E-state index >= 15 is 0 Å². The molecule has 0 aliphatic rings. The van der Waals surface area contributed by atoms with E-state index in [-0.39, 0.29) is 0 Å². The maximum Gasteiger partial charge on any atom is 0.126 e. The predicted octanol–water partition coefficient (Wildman–Crippen LogP) is 3.69. The molecule has 0 fully saturated rings. The van der Waals surface area contributed by atoms with Crippen molar-refractivity contribution >= 4 is 22.1 Å². The van der Waals surface area contributed by atoms with Gasteiger partial charge in [-0.1, -0.05) is 24.3 Å². The Kier molecular flexibility index (Phi) is 3.67. The Hall–Kier alpha value is -1.91. The summed E-state index contributed by atoms with van der Waals surface area (Å²) in [5.74, 6) is 0.898. The fourth-order valence-electron chi connectivity index (χ4n) is 2.34. The molecule has 20 heavy (non-hydrogen) atoms. The smallest absolute Gasteiger partial charge is 0.126 e. The van der Waals surface area contributed by atoms with Gasteiger partial charge in [0, 0.05) is 22.9 Å². The maximum absolute atomic E-state index is 5.43. The molecule has 0 radical (unpaired) electrons. The summed E-state index contributed by atoms with van der Waals surface area (Å²) in [5.41, 5.74) is 2.18. The van der Waals surface area contributed by atoms with E-state index in [0.717, 1.165) is 33.9 Å². The lowest BCUT2D eigenvalue weighted by molar-refractivity contribution is 0.420. The molecule has 1 N–H and O–H groups in total. The molecular weight excluding hydrogens is 268 g/mol. The molecule has 0 saturated carbocycles. The molecular formula is C16H16N2OS. The molecule has 1 heterocycles. The average Bonchev–Trinajstić information content (AvgIpc) is 2.95. The molecule has 0 spiro atoms. The summed E-state index contributed by atoms with van der Waals surface area (Å²) in [6, 6.07) is 12.4. The van der Waals surface area contributed by atoms with Crippen LogP contribution in [0.15, 0.2) is 41.8 Å². The van der Waals surface area contributed by atoms with Crippen molar-refractivity contribution in [2.24, 2.45) is 0 Å². The van der Waals surface area contributed by atoms with Gasteiger partial charge in [0.2, 0.25) is 0 Å².